The normalized spacial score (nSPS) is 12.3. The molecule has 0 fully saturated rings. The highest BCUT2D eigenvalue weighted by atomic mass is 16.9. The standard InChI is InChI=1S/C16H24O4/c1-6-13(4)16(18-7-2,19-8-3)20-15-11-9-10-14(12-15)17-5/h6,9-12H,7-8H2,1-5H3. The Balaban J connectivity index is 3.09. The number of ether oxygens (including phenoxy) is 4. The molecule has 0 N–H and O–H groups in total. The minimum atomic E-state index is -1.19. The fourth-order valence-electron chi connectivity index (χ4n) is 1.79. The van der Waals surface area contributed by atoms with Crippen molar-refractivity contribution >= 4 is 0 Å². The second-order valence-corrected chi connectivity index (χ2v) is 4.17. The molecule has 112 valence electrons. The molecule has 0 radical (unpaired) electrons. The Bertz CT molecular complexity index is 434. The van der Waals surface area contributed by atoms with E-state index in [0.717, 1.165) is 11.3 Å². The van der Waals surface area contributed by atoms with Crippen LogP contribution in [0.3, 0.4) is 0 Å². The summed E-state index contributed by atoms with van der Waals surface area (Å²) in [5.74, 6) is 0.167. The van der Waals surface area contributed by atoms with Crippen LogP contribution in [0, 0.1) is 0 Å². The van der Waals surface area contributed by atoms with E-state index in [1.165, 1.54) is 0 Å². The van der Waals surface area contributed by atoms with Gasteiger partial charge in [0.25, 0.3) is 0 Å². The largest absolute Gasteiger partial charge is 0.497 e. The third-order valence-corrected chi connectivity index (χ3v) is 2.88. The van der Waals surface area contributed by atoms with Gasteiger partial charge >= 0.3 is 5.97 Å². The van der Waals surface area contributed by atoms with Crippen LogP contribution in [0.1, 0.15) is 27.7 Å². The minimum Gasteiger partial charge on any atom is -0.497 e. The second kappa shape index (κ2) is 7.92. The van der Waals surface area contributed by atoms with Crippen LogP contribution in [0.2, 0.25) is 0 Å². The van der Waals surface area contributed by atoms with Crippen LogP contribution in [0.5, 0.6) is 11.5 Å². The Morgan fingerprint density at radius 1 is 1.15 bits per heavy atom. The number of rotatable bonds is 8. The van der Waals surface area contributed by atoms with Crippen LogP contribution in [0.15, 0.2) is 35.9 Å². The molecule has 1 aromatic carbocycles. The summed E-state index contributed by atoms with van der Waals surface area (Å²) >= 11 is 0. The Labute approximate surface area is 121 Å². The first-order chi connectivity index (χ1) is 9.61. The molecule has 4 heteroatoms. The molecule has 0 aliphatic heterocycles. The van der Waals surface area contributed by atoms with E-state index < -0.39 is 5.97 Å². The maximum absolute atomic E-state index is 5.99. The van der Waals surface area contributed by atoms with Crippen molar-refractivity contribution in [3.8, 4) is 11.5 Å². The average molecular weight is 280 g/mol. The minimum absolute atomic E-state index is 0.481. The van der Waals surface area contributed by atoms with Gasteiger partial charge in [-0.25, -0.2) is 0 Å². The molecule has 20 heavy (non-hydrogen) atoms. The van der Waals surface area contributed by atoms with E-state index in [-0.39, 0.29) is 0 Å². The number of allylic oxidation sites excluding steroid dienone is 1. The first kappa shape index (κ1) is 16.5. The fourth-order valence-corrected chi connectivity index (χ4v) is 1.79. The molecule has 4 nitrogen and oxygen atoms in total. The summed E-state index contributed by atoms with van der Waals surface area (Å²) in [6.07, 6.45) is 1.92. The summed E-state index contributed by atoms with van der Waals surface area (Å²) in [4.78, 5) is 0. The predicted molar refractivity (Wildman–Crippen MR) is 79.0 cm³/mol. The maximum Gasteiger partial charge on any atom is 0.351 e. The SMILES string of the molecule is CC=C(C)C(OCC)(OCC)Oc1cccc(OC)c1. The zero-order valence-corrected chi connectivity index (χ0v) is 12.9. The Hall–Kier alpha value is -1.52. The third kappa shape index (κ3) is 3.99. The van der Waals surface area contributed by atoms with Gasteiger partial charge in [0.15, 0.2) is 0 Å². The first-order valence-corrected chi connectivity index (χ1v) is 6.86. The fraction of sp³-hybridized carbons (Fsp3) is 0.500. The Morgan fingerprint density at radius 3 is 2.25 bits per heavy atom. The molecule has 0 unspecified atom stereocenters. The van der Waals surface area contributed by atoms with E-state index in [1.54, 1.807) is 13.2 Å². The maximum atomic E-state index is 5.99. The van der Waals surface area contributed by atoms with Crippen molar-refractivity contribution in [2.45, 2.75) is 33.7 Å². The zero-order valence-electron chi connectivity index (χ0n) is 12.9. The van der Waals surface area contributed by atoms with Crippen LogP contribution in [0.4, 0.5) is 0 Å². The number of hydrogen-bond donors (Lipinski definition) is 0. The summed E-state index contributed by atoms with van der Waals surface area (Å²) in [5, 5.41) is 0. The lowest BCUT2D eigenvalue weighted by molar-refractivity contribution is -0.315. The molecule has 0 heterocycles. The average Bonchev–Trinajstić information content (AvgIpc) is 2.47. The van der Waals surface area contributed by atoms with Crippen molar-refractivity contribution in [2.75, 3.05) is 20.3 Å². The highest BCUT2D eigenvalue weighted by Gasteiger charge is 2.36. The molecule has 0 spiro atoms. The third-order valence-electron chi connectivity index (χ3n) is 2.88. The zero-order chi connectivity index (χ0) is 15.0. The summed E-state index contributed by atoms with van der Waals surface area (Å²) in [6, 6.07) is 7.37. The number of benzene rings is 1. The van der Waals surface area contributed by atoms with Crippen LogP contribution in [0.25, 0.3) is 0 Å². The van der Waals surface area contributed by atoms with Gasteiger partial charge in [0.2, 0.25) is 0 Å². The molecule has 1 aromatic rings. The molecule has 0 aliphatic carbocycles. The van der Waals surface area contributed by atoms with Gasteiger partial charge in [-0.15, -0.1) is 0 Å². The molecular formula is C16H24O4. The van der Waals surface area contributed by atoms with Crippen molar-refractivity contribution in [1.29, 1.82) is 0 Å². The van der Waals surface area contributed by atoms with E-state index in [4.69, 9.17) is 18.9 Å². The van der Waals surface area contributed by atoms with Gasteiger partial charge in [0.05, 0.1) is 20.3 Å². The van der Waals surface area contributed by atoms with Gasteiger partial charge in [-0.2, -0.15) is 0 Å². The lowest BCUT2D eigenvalue weighted by atomic mass is 10.2. The van der Waals surface area contributed by atoms with E-state index in [0.29, 0.717) is 19.0 Å². The monoisotopic (exact) mass is 280 g/mol. The molecule has 0 amide bonds. The Morgan fingerprint density at radius 2 is 1.75 bits per heavy atom. The van der Waals surface area contributed by atoms with Crippen molar-refractivity contribution < 1.29 is 18.9 Å². The Kier molecular flexibility index (Phi) is 6.55. The van der Waals surface area contributed by atoms with Gasteiger partial charge in [0, 0.05) is 11.6 Å². The van der Waals surface area contributed by atoms with Crippen molar-refractivity contribution in [2.24, 2.45) is 0 Å². The van der Waals surface area contributed by atoms with Crippen LogP contribution >= 0.6 is 0 Å². The second-order valence-electron chi connectivity index (χ2n) is 4.17. The van der Waals surface area contributed by atoms with Gasteiger partial charge in [-0.05, 0) is 39.8 Å². The summed E-state index contributed by atoms with van der Waals surface area (Å²) in [7, 11) is 1.62. The van der Waals surface area contributed by atoms with E-state index in [1.807, 2.05) is 52.0 Å². The predicted octanol–water partition coefficient (Wildman–Crippen LogP) is 3.77. The quantitative estimate of drug-likeness (QED) is 0.536. The van der Waals surface area contributed by atoms with Crippen LogP contribution in [-0.4, -0.2) is 26.3 Å². The lowest BCUT2D eigenvalue weighted by Gasteiger charge is -2.33. The van der Waals surface area contributed by atoms with Gasteiger partial charge in [0.1, 0.15) is 11.5 Å². The highest BCUT2D eigenvalue weighted by molar-refractivity contribution is 5.33. The summed E-state index contributed by atoms with van der Waals surface area (Å²) in [5.41, 5.74) is 0.865. The highest BCUT2D eigenvalue weighted by Crippen LogP contribution is 2.30. The van der Waals surface area contributed by atoms with Crippen molar-refractivity contribution in [3.05, 3.63) is 35.9 Å². The molecule has 0 atom stereocenters. The topological polar surface area (TPSA) is 36.9 Å². The van der Waals surface area contributed by atoms with Crippen molar-refractivity contribution in [3.63, 3.8) is 0 Å². The van der Waals surface area contributed by atoms with Gasteiger partial charge in [-0.3, -0.25) is 0 Å². The van der Waals surface area contributed by atoms with E-state index >= 15 is 0 Å². The number of hydrogen-bond acceptors (Lipinski definition) is 4. The molecule has 1 rings (SSSR count). The van der Waals surface area contributed by atoms with E-state index in [2.05, 4.69) is 0 Å². The molecule has 0 saturated heterocycles. The molecule has 0 aliphatic rings. The number of methoxy groups -OCH3 is 1. The molecule has 0 bridgehead atoms. The lowest BCUT2D eigenvalue weighted by Crippen LogP contribution is -2.43. The molecular weight excluding hydrogens is 256 g/mol. The van der Waals surface area contributed by atoms with Crippen LogP contribution in [-0.2, 0) is 9.47 Å². The van der Waals surface area contributed by atoms with Crippen molar-refractivity contribution in [1.82, 2.24) is 0 Å². The first-order valence-electron chi connectivity index (χ1n) is 6.86. The van der Waals surface area contributed by atoms with Crippen LogP contribution < -0.4 is 9.47 Å². The summed E-state index contributed by atoms with van der Waals surface area (Å²) < 4.78 is 22.7. The molecule has 0 saturated carbocycles. The smallest absolute Gasteiger partial charge is 0.351 e. The summed E-state index contributed by atoms with van der Waals surface area (Å²) in [6.45, 7) is 8.63. The molecule has 0 aromatic heterocycles. The van der Waals surface area contributed by atoms with Gasteiger partial charge < -0.3 is 18.9 Å². The van der Waals surface area contributed by atoms with Gasteiger partial charge in [-0.1, -0.05) is 12.1 Å². The van der Waals surface area contributed by atoms with E-state index in [9.17, 15) is 0 Å².